The van der Waals surface area contributed by atoms with Gasteiger partial charge in [0.15, 0.2) is 0 Å². The van der Waals surface area contributed by atoms with E-state index in [0.717, 1.165) is 6.42 Å². The first kappa shape index (κ1) is 14.2. The van der Waals surface area contributed by atoms with Gasteiger partial charge in [0, 0.05) is 6.54 Å². The van der Waals surface area contributed by atoms with Gasteiger partial charge in [-0.2, -0.15) is 0 Å². The minimum Gasteiger partial charge on any atom is -0.393 e. The van der Waals surface area contributed by atoms with Crippen molar-refractivity contribution in [3.63, 3.8) is 0 Å². The van der Waals surface area contributed by atoms with Crippen LogP contribution in [-0.4, -0.2) is 22.7 Å². The number of nitro benzene ring substituents is 1. The Balaban J connectivity index is 2.72. The van der Waals surface area contributed by atoms with E-state index in [1.54, 1.807) is 25.1 Å². The number of nitrogens with one attached hydrogen (secondary N) is 2. The standard InChI is InChI=1S/C11H18N4O3/c1-8(16)4-3-7-13-9-5-2-6-10(14-12)11(9)15(17)18/h2,5-6,8,13-14,16H,3-4,7,12H2,1H3. The van der Waals surface area contributed by atoms with Crippen LogP contribution in [0.15, 0.2) is 18.2 Å². The van der Waals surface area contributed by atoms with Crippen molar-refractivity contribution in [2.24, 2.45) is 5.84 Å². The summed E-state index contributed by atoms with van der Waals surface area (Å²) in [4.78, 5) is 10.5. The molecule has 0 bridgehead atoms. The lowest BCUT2D eigenvalue weighted by atomic mass is 10.2. The second-order valence-corrected chi connectivity index (χ2v) is 4.02. The summed E-state index contributed by atoms with van der Waals surface area (Å²) in [5.41, 5.74) is 2.91. The Morgan fingerprint density at radius 3 is 2.72 bits per heavy atom. The molecule has 0 saturated carbocycles. The molecule has 18 heavy (non-hydrogen) atoms. The van der Waals surface area contributed by atoms with Crippen LogP contribution >= 0.6 is 0 Å². The smallest absolute Gasteiger partial charge is 0.316 e. The van der Waals surface area contributed by atoms with Gasteiger partial charge in [-0.25, -0.2) is 0 Å². The summed E-state index contributed by atoms with van der Waals surface area (Å²) in [5, 5.41) is 23.1. The Labute approximate surface area is 105 Å². The van der Waals surface area contributed by atoms with E-state index in [-0.39, 0.29) is 17.5 Å². The minimum absolute atomic E-state index is 0.0722. The molecule has 0 aliphatic heterocycles. The molecule has 0 saturated heterocycles. The van der Waals surface area contributed by atoms with Gasteiger partial charge in [0.05, 0.1) is 11.0 Å². The molecule has 1 aromatic carbocycles. The Morgan fingerprint density at radius 1 is 1.50 bits per heavy atom. The molecule has 0 amide bonds. The highest BCUT2D eigenvalue weighted by Crippen LogP contribution is 2.31. The second kappa shape index (κ2) is 6.77. The Kier molecular flexibility index (Phi) is 5.34. The molecule has 1 unspecified atom stereocenters. The molecule has 0 aliphatic rings. The van der Waals surface area contributed by atoms with Gasteiger partial charge in [-0.1, -0.05) is 6.07 Å². The second-order valence-electron chi connectivity index (χ2n) is 4.02. The maximum atomic E-state index is 11.0. The fourth-order valence-corrected chi connectivity index (χ4v) is 1.62. The number of hydrogen-bond donors (Lipinski definition) is 4. The maximum Gasteiger partial charge on any atom is 0.316 e. The molecule has 1 rings (SSSR count). The number of anilines is 2. The van der Waals surface area contributed by atoms with Crippen molar-refractivity contribution in [2.45, 2.75) is 25.9 Å². The number of nitro groups is 1. The monoisotopic (exact) mass is 254 g/mol. The summed E-state index contributed by atoms with van der Waals surface area (Å²) in [6.07, 6.45) is 1.02. The van der Waals surface area contributed by atoms with Crippen LogP contribution in [0.4, 0.5) is 17.1 Å². The van der Waals surface area contributed by atoms with Crippen LogP contribution in [0.5, 0.6) is 0 Å². The molecular weight excluding hydrogens is 236 g/mol. The molecule has 5 N–H and O–H groups in total. The third kappa shape index (κ3) is 3.86. The largest absolute Gasteiger partial charge is 0.393 e. The first-order valence-corrected chi connectivity index (χ1v) is 5.72. The molecule has 0 radical (unpaired) electrons. The van der Waals surface area contributed by atoms with Crippen molar-refractivity contribution in [1.29, 1.82) is 0 Å². The van der Waals surface area contributed by atoms with Gasteiger partial charge < -0.3 is 15.8 Å². The molecule has 7 heteroatoms. The summed E-state index contributed by atoms with van der Waals surface area (Å²) < 4.78 is 0. The summed E-state index contributed by atoms with van der Waals surface area (Å²) in [6, 6.07) is 4.85. The summed E-state index contributed by atoms with van der Waals surface area (Å²) in [7, 11) is 0. The topological polar surface area (TPSA) is 113 Å². The Morgan fingerprint density at radius 2 is 2.17 bits per heavy atom. The van der Waals surface area contributed by atoms with Crippen LogP contribution in [0, 0.1) is 10.1 Å². The van der Waals surface area contributed by atoms with E-state index in [1.807, 2.05) is 0 Å². The molecule has 1 aromatic rings. The highest BCUT2D eigenvalue weighted by molar-refractivity contribution is 5.75. The van der Waals surface area contributed by atoms with Gasteiger partial charge in [0.1, 0.15) is 11.4 Å². The normalized spacial score (nSPS) is 11.9. The number of rotatable bonds is 7. The van der Waals surface area contributed by atoms with Gasteiger partial charge in [0.2, 0.25) is 0 Å². The fourth-order valence-electron chi connectivity index (χ4n) is 1.62. The summed E-state index contributed by atoms with van der Waals surface area (Å²) in [5.74, 6) is 5.24. The van der Waals surface area contributed by atoms with Crippen molar-refractivity contribution in [3.8, 4) is 0 Å². The van der Waals surface area contributed by atoms with E-state index in [9.17, 15) is 10.1 Å². The Hall–Kier alpha value is -1.86. The number of nitrogens with zero attached hydrogens (tertiary/aromatic N) is 1. The summed E-state index contributed by atoms with van der Waals surface area (Å²) in [6.45, 7) is 2.27. The van der Waals surface area contributed by atoms with Gasteiger partial charge in [-0.15, -0.1) is 0 Å². The third-order valence-corrected chi connectivity index (χ3v) is 2.49. The van der Waals surface area contributed by atoms with E-state index < -0.39 is 4.92 Å². The third-order valence-electron chi connectivity index (χ3n) is 2.49. The van der Waals surface area contributed by atoms with Crippen molar-refractivity contribution in [2.75, 3.05) is 17.3 Å². The first-order valence-electron chi connectivity index (χ1n) is 5.72. The number of para-hydroxylation sites is 1. The molecule has 0 aromatic heterocycles. The van der Waals surface area contributed by atoms with Gasteiger partial charge in [-0.05, 0) is 31.9 Å². The number of hydrogen-bond acceptors (Lipinski definition) is 6. The number of hydrazine groups is 1. The fraction of sp³-hybridized carbons (Fsp3) is 0.455. The van der Waals surface area contributed by atoms with E-state index in [0.29, 0.717) is 18.7 Å². The van der Waals surface area contributed by atoms with Crippen molar-refractivity contribution in [1.82, 2.24) is 0 Å². The zero-order valence-electron chi connectivity index (χ0n) is 10.2. The number of nitrogen functional groups attached to an aromatic ring is 1. The number of aliphatic hydroxyl groups excluding tert-OH is 1. The molecule has 100 valence electrons. The average Bonchev–Trinajstić information content (AvgIpc) is 2.33. The highest BCUT2D eigenvalue weighted by atomic mass is 16.6. The van der Waals surface area contributed by atoms with E-state index in [1.165, 1.54) is 0 Å². The van der Waals surface area contributed by atoms with Gasteiger partial charge in [0.25, 0.3) is 0 Å². The first-order chi connectivity index (χ1) is 8.56. The highest BCUT2D eigenvalue weighted by Gasteiger charge is 2.18. The van der Waals surface area contributed by atoms with Crippen LogP contribution in [-0.2, 0) is 0 Å². The van der Waals surface area contributed by atoms with E-state index in [4.69, 9.17) is 10.9 Å². The number of benzene rings is 1. The molecule has 7 nitrogen and oxygen atoms in total. The van der Waals surface area contributed by atoms with Crippen molar-refractivity contribution >= 4 is 17.1 Å². The van der Waals surface area contributed by atoms with Gasteiger partial charge >= 0.3 is 5.69 Å². The molecule has 1 atom stereocenters. The van der Waals surface area contributed by atoms with Crippen molar-refractivity contribution in [3.05, 3.63) is 28.3 Å². The predicted octanol–water partition coefficient (Wildman–Crippen LogP) is 1.45. The Bertz CT molecular complexity index is 409. The molecule has 0 heterocycles. The van der Waals surface area contributed by atoms with Crippen molar-refractivity contribution < 1.29 is 10.0 Å². The molecule has 0 fully saturated rings. The molecule has 0 aliphatic carbocycles. The summed E-state index contributed by atoms with van der Waals surface area (Å²) >= 11 is 0. The SMILES string of the molecule is CC(O)CCCNc1cccc(NN)c1[N+](=O)[O-]. The van der Waals surface area contributed by atoms with E-state index in [2.05, 4.69) is 10.7 Å². The van der Waals surface area contributed by atoms with Crippen LogP contribution in [0.3, 0.4) is 0 Å². The lowest BCUT2D eigenvalue weighted by Gasteiger charge is -2.10. The average molecular weight is 254 g/mol. The van der Waals surface area contributed by atoms with E-state index >= 15 is 0 Å². The quantitative estimate of drug-likeness (QED) is 0.253. The number of nitrogens with two attached hydrogens (primary N) is 1. The molecule has 0 spiro atoms. The van der Waals surface area contributed by atoms with Gasteiger partial charge in [-0.3, -0.25) is 16.0 Å². The minimum atomic E-state index is -0.480. The lowest BCUT2D eigenvalue weighted by Crippen LogP contribution is -2.12. The van der Waals surface area contributed by atoms with Crippen LogP contribution in [0.1, 0.15) is 19.8 Å². The van der Waals surface area contributed by atoms with Crippen LogP contribution < -0.4 is 16.6 Å². The maximum absolute atomic E-state index is 11.0. The predicted molar refractivity (Wildman–Crippen MR) is 70.3 cm³/mol. The van der Waals surface area contributed by atoms with Crippen LogP contribution in [0.25, 0.3) is 0 Å². The lowest BCUT2D eigenvalue weighted by molar-refractivity contribution is -0.383. The zero-order chi connectivity index (χ0) is 13.5. The zero-order valence-corrected chi connectivity index (χ0v) is 10.2. The van der Waals surface area contributed by atoms with Crippen LogP contribution in [0.2, 0.25) is 0 Å². The molecular formula is C11H18N4O3. The number of aliphatic hydroxyl groups is 1.